The third-order valence-corrected chi connectivity index (χ3v) is 4.55. The first-order valence-corrected chi connectivity index (χ1v) is 8.89. The molecule has 1 heterocycles. The molecule has 2 amide bonds. The Labute approximate surface area is 148 Å². The number of rotatable bonds is 7. The molecule has 2 rings (SSSR count). The Balaban J connectivity index is 1.90. The van der Waals surface area contributed by atoms with Crippen molar-refractivity contribution in [1.82, 2.24) is 10.2 Å². The molecule has 1 atom stereocenters. The first-order valence-electron chi connectivity index (χ1n) is 8.89. The van der Waals surface area contributed by atoms with Gasteiger partial charge in [0.25, 0.3) is 0 Å². The van der Waals surface area contributed by atoms with Crippen LogP contribution in [0.3, 0.4) is 0 Å². The van der Waals surface area contributed by atoms with Gasteiger partial charge in [0.2, 0.25) is 11.8 Å². The SMILES string of the molecule is CCCNC(=O)C1CCCN(C(=O)CCc2ccccc2C(=O)O)C1. The summed E-state index contributed by atoms with van der Waals surface area (Å²) in [6.07, 6.45) is 3.17. The molecule has 6 heteroatoms. The Morgan fingerprint density at radius 2 is 2.04 bits per heavy atom. The maximum atomic E-state index is 12.5. The smallest absolute Gasteiger partial charge is 0.335 e. The first-order chi connectivity index (χ1) is 12.0. The summed E-state index contributed by atoms with van der Waals surface area (Å²) >= 11 is 0. The quantitative estimate of drug-likeness (QED) is 0.791. The molecule has 136 valence electrons. The van der Waals surface area contributed by atoms with Crippen LogP contribution in [-0.4, -0.2) is 47.4 Å². The number of aromatic carboxylic acids is 1. The average Bonchev–Trinajstić information content (AvgIpc) is 2.64. The van der Waals surface area contributed by atoms with E-state index in [1.165, 1.54) is 0 Å². The second-order valence-corrected chi connectivity index (χ2v) is 6.43. The average molecular weight is 346 g/mol. The van der Waals surface area contributed by atoms with Crippen LogP contribution in [0.5, 0.6) is 0 Å². The van der Waals surface area contributed by atoms with Gasteiger partial charge in [-0.15, -0.1) is 0 Å². The second kappa shape index (κ2) is 9.20. The van der Waals surface area contributed by atoms with E-state index < -0.39 is 5.97 Å². The zero-order chi connectivity index (χ0) is 18.2. The highest BCUT2D eigenvalue weighted by Gasteiger charge is 2.28. The summed E-state index contributed by atoms with van der Waals surface area (Å²) in [5, 5.41) is 12.1. The summed E-state index contributed by atoms with van der Waals surface area (Å²) in [7, 11) is 0. The minimum atomic E-state index is -0.978. The molecule has 1 unspecified atom stereocenters. The minimum absolute atomic E-state index is 0.0202. The van der Waals surface area contributed by atoms with E-state index in [0.29, 0.717) is 31.6 Å². The van der Waals surface area contributed by atoms with Crippen LogP contribution in [0.2, 0.25) is 0 Å². The van der Waals surface area contributed by atoms with Crippen LogP contribution in [0.1, 0.15) is 48.5 Å². The number of hydrogen-bond acceptors (Lipinski definition) is 3. The van der Waals surface area contributed by atoms with Crippen LogP contribution in [-0.2, 0) is 16.0 Å². The van der Waals surface area contributed by atoms with Crippen molar-refractivity contribution < 1.29 is 19.5 Å². The van der Waals surface area contributed by atoms with Crippen LogP contribution in [0.4, 0.5) is 0 Å². The second-order valence-electron chi connectivity index (χ2n) is 6.43. The highest BCUT2D eigenvalue weighted by Crippen LogP contribution is 2.19. The lowest BCUT2D eigenvalue weighted by Gasteiger charge is -2.32. The van der Waals surface area contributed by atoms with Gasteiger partial charge in [-0.3, -0.25) is 9.59 Å². The Bertz CT molecular complexity index is 630. The van der Waals surface area contributed by atoms with E-state index in [1.807, 2.05) is 6.92 Å². The molecule has 1 aromatic carbocycles. The van der Waals surface area contributed by atoms with E-state index in [1.54, 1.807) is 29.2 Å². The summed E-state index contributed by atoms with van der Waals surface area (Å²) in [6, 6.07) is 6.76. The minimum Gasteiger partial charge on any atom is -0.478 e. The number of carboxylic acid groups (broad SMARTS) is 1. The zero-order valence-corrected chi connectivity index (χ0v) is 14.7. The maximum absolute atomic E-state index is 12.5. The number of nitrogens with one attached hydrogen (secondary N) is 1. The molecule has 0 aliphatic carbocycles. The summed E-state index contributed by atoms with van der Waals surface area (Å²) in [6.45, 7) is 3.78. The summed E-state index contributed by atoms with van der Waals surface area (Å²) < 4.78 is 0. The molecule has 0 bridgehead atoms. The molecule has 1 aliphatic heterocycles. The Kier molecular flexibility index (Phi) is 6.98. The fourth-order valence-corrected chi connectivity index (χ4v) is 3.16. The summed E-state index contributed by atoms with van der Waals surface area (Å²) in [5.41, 5.74) is 0.906. The lowest BCUT2D eigenvalue weighted by Crippen LogP contribution is -2.45. The van der Waals surface area contributed by atoms with Gasteiger partial charge in [0.15, 0.2) is 0 Å². The van der Waals surface area contributed by atoms with Crippen LogP contribution < -0.4 is 5.32 Å². The Morgan fingerprint density at radius 3 is 2.76 bits per heavy atom. The molecule has 1 aliphatic rings. The lowest BCUT2D eigenvalue weighted by atomic mass is 9.96. The van der Waals surface area contributed by atoms with Gasteiger partial charge in [-0.2, -0.15) is 0 Å². The number of amides is 2. The van der Waals surface area contributed by atoms with Gasteiger partial charge in [-0.05, 0) is 37.3 Å². The van der Waals surface area contributed by atoms with Crippen molar-refractivity contribution in [2.24, 2.45) is 5.92 Å². The van der Waals surface area contributed by atoms with E-state index in [2.05, 4.69) is 5.32 Å². The molecule has 1 fully saturated rings. The van der Waals surface area contributed by atoms with Gasteiger partial charge in [0, 0.05) is 26.1 Å². The number of hydrogen-bond donors (Lipinski definition) is 2. The molecule has 1 saturated heterocycles. The largest absolute Gasteiger partial charge is 0.478 e. The van der Waals surface area contributed by atoms with E-state index in [4.69, 9.17) is 0 Å². The predicted octanol–water partition coefficient (Wildman–Crippen LogP) is 2.08. The monoisotopic (exact) mass is 346 g/mol. The first kappa shape index (κ1) is 19.0. The van der Waals surface area contributed by atoms with Gasteiger partial charge >= 0.3 is 5.97 Å². The van der Waals surface area contributed by atoms with Crippen LogP contribution in [0.15, 0.2) is 24.3 Å². The van der Waals surface area contributed by atoms with E-state index >= 15 is 0 Å². The van der Waals surface area contributed by atoms with Crippen molar-refractivity contribution in [3.63, 3.8) is 0 Å². The van der Waals surface area contributed by atoms with Crippen molar-refractivity contribution in [3.8, 4) is 0 Å². The standard InChI is InChI=1S/C19H26N2O4/c1-2-11-20-18(23)15-7-5-12-21(13-15)17(22)10-9-14-6-3-4-8-16(14)19(24)25/h3-4,6,8,15H,2,5,7,9-13H2,1H3,(H,20,23)(H,24,25). The summed E-state index contributed by atoms with van der Waals surface area (Å²) in [5.74, 6) is -1.12. The number of nitrogens with zero attached hydrogens (tertiary/aromatic N) is 1. The third-order valence-electron chi connectivity index (χ3n) is 4.55. The molecule has 6 nitrogen and oxygen atoms in total. The van der Waals surface area contributed by atoms with Gasteiger partial charge in [-0.1, -0.05) is 25.1 Å². The fourth-order valence-electron chi connectivity index (χ4n) is 3.16. The molecule has 0 radical (unpaired) electrons. The van der Waals surface area contributed by atoms with Gasteiger partial charge < -0.3 is 15.3 Å². The molecular weight excluding hydrogens is 320 g/mol. The topological polar surface area (TPSA) is 86.7 Å². The normalized spacial score (nSPS) is 17.2. The number of piperidine rings is 1. The van der Waals surface area contributed by atoms with E-state index in [-0.39, 0.29) is 29.7 Å². The van der Waals surface area contributed by atoms with Crippen molar-refractivity contribution in [2.45, 2.75) is 39.0 Å². The highest BCUT2D eigenvalue weighted by atomic mass is 16.4. The van der Waals surface area contributed by atoms with E-state index in [9.17, 15) is 19.5 Å². The lowest BCUT2D eigenvalue weighted by molar-refractivity contribution is -0.135. The number of aryl methyl sites for hydroxylation is 1. The molecule has 1 aromatic rings. The van der Waals surface area contributed by atoms with Crippen molar-refractivity contribution in [1.29, 1.82) is 0 Å². The highest BCUT2D eigenvalue weighted by molar-refractivity contribution is 5.89. The number of carboxylic acids is 1. The maximum Gasteiger partial charge on any atom is 0.335 e. The number of carbonyl (C=O) groups is 3. The van der Waals surface area contributed by atoms with E-state index in [0.717, 1.165) is 19.3 Å². The molecular formula is C19H26N2O4. The predicted molar refractivity (Wildman–Crippen MR) is 94.3 cm³/mol. The molecule has 0 aromatic heterocycles. The van der Waals surface area contributed by atoms with Gasteiger partial charge in [0.05, 0.1) is 11.5 Å². The van der Waals surface area contributed by atoms with Crippen LogP contribution in [0, 0.1) is 5.92 Å². The molecule has 25 heavy (non-hydrogen) atoms. The fraction of sp³-hybridized carbons (Fsp3) is 0.526. The third kappa shape index (κ3) is 5.31. The number of carbonyl (C=O) groups excluding carboxylic acids is 2. The van der Waals surface area contributed by atoms with Gasteiger partial charge in [-0.25, -0.2) is 4.79 Å². The van der Waals surface area contributed by atoms with Crippen molar-refractivity contribution >= 4 is 17.8 Å². The molecule has 0 spiro atoms. The van der Waals surface area contributed by atoms with Crippen molar-refractivity contribution in [2.75, 3.05) is 19.6 Å². The Hall–Kier alpha value is -2.37. The molecule has 0 saturated carbocycles. The number of benzene rings is 1. The van der Waals surface area contributed by atoms with Crippen LogP contribution in [0.25, 0.3) is 0 Å². The zero-order valence-electron chi connectivity index (χ0n) is 14.7. The number of likely N-dealkylation sites (tertiary alicyclic amines) is 1. The van der Waals surface area contributed by atoms with Crippen molar-refractivity contribution in [3.05, 3.63) is 35.4 Å². The molecule has 2 N–H and O–H groups in total. The summed E-state index contributed by atoms with van der Waals surface area (Å²) in [4.78, 5) is 37.6. The Morgan fingerprint density at radius 1 is 1.28 bits per heavy atom. The van der Waals surface area contributed by atoms with Crippen LogP contribution >= 0.6 is 0 Å². The van der Waals surface area contributed by atoms with Gasteiger partial charge in [0.1, 0.15) is 0 Å².